The summed E-state index contributed by atoms with van der Waals surface area (Å²) in [5.74, 6) is -0.112. The van der Waals surface area contributed by atoms with Crippen LogP contribution < -0.4 is 11.2 Å². The van der Waals surface area contributed by atoms with E-state index in [4.69, 9.17) is 10.6 Å². The van der Waals surface area contributed by atoms with Gasteiger partial charge in [0.15, 0.2) is 0 Å². The van der Waals surface area contributed by atoms with Crippen molar-refractivity contribution in [2.45, 2.75) is 38.1 Å². The minimum Gasteiger partial charge on any atom is -0.325 e. The summed E-state index contributed by atoms with van der Waals surface area (Å²) in [6.07, 6.45) is 3.42. The van der Waals surface area contributed by atoms with Crippen LogP contribution in [0.5, 0.6) is 0 Å². The molecule has 0 saturated heterocycles. The lowest BCUT2D eigenvalue weighted by atomic mass is 9.75. The summed E-state index contributed by atoms with van der Waals surface area (Å²) in [5, 5.41) is 0. The maximum Gasteiger partial charge on any atom is 0.245 e. The van der Waals surface area contributed by atoms with Crippen molar-refractivity contribution in [1.29, 1.82) is 0 Å². The summed E-state index contributed by atoms with van der Waals surface area (Å²) < 4.78 is 0. The fourth-order valence-electron chi connectivity index (χ4n) is 1.32. The third kappa shape index (κ3) is 2.46. The standard InChI is InChI=1S/C8H16N2O2/c1-2-12-10-7(11)6-8(9)4-3-5-8/h2-6,9H2,1H3,(H,10,11). The van der Waals surface area contributed by atoms with Crippen LogP contribution in [0.25, 0.3) is 0 Å². The van der Waals surface area contributed by atoms with Gasteiger partial charge in [-0.2, -0.15) is 0 Å². The highest BCUT2D eigenvalue weighted by atomic mass is 16.6. The van der Waals surface area contributed by atoms with Crippen LogP contribution in [0.4, 0.5) is 0 Å². The zero-order valence-electron chi connectivity index (χ0n) is 7.43. The van der Waals surface area contributed by atoms with Crippen LogP contribution in [0.3, 0.4) is 0 Å². The van der Waals surface area contributed by atoms with Gasteiger partial charge in [0.25, 0.3) is 0 Å². The molecular formula is C8H16N2O2. The normalized spacial score (nSPS) is 19.8. The Morgan fingerprint density at radius 3 is 2.75 bits per heavy atom. The number of amides is 1. The molecule has 70 valence electrons. The average Bonchev–Trinajstić information content (AvgIpc) is 1.98. The second-order valence-corrected chi connectivity index (χ2v) is 3.35. The van der Waals surface area contributed by atoms with Gasteiger partial charge in [-0.15, -0.1) is 0 Å². The van der Waals surface area contributed by atoms with Gasteiger partial charge >= 0.3 is 0 Å². The highest BCUT2D eigenvalue weighted by molar-refractivity contribution is 5.76. The lowest BCUT2D eigenvalue weighted by Crippen LogP contribution is -2.49. The van der Waals surface area contributed by atoms with Gasteiger partial charge in [-0.3, -0.25) is 9.63 Å². The Morgan fingerprint density at radius 1 is 1.67 bits per heavy atom. The molecule has 0 atom stereocenters. The van der Waals surface area contributed by atoms with Gasteiger partial charge in [-0.1, -0.05) is 0 Å². The first-order valence-corrected chi connectivity index (χ1v) is 4.36. The maximum absolute atomic E-state index is 11.1. The zero-order chi connectivity index (χ0) is 9.03. The first kappa shape index (κ1) is 9.48. The van der Waals surface area contributed by atoms with Gasteiger partial charge in [0, 0.05) is 12.0 Å². The van der Waals surface area contributed by atoms with E-state index in [0.717, 1.165) is 19.3 Å². The van der Waals surface area contributed by atoms with Crippen molar-refractivity contribution in [1.82, 2.24) is 5.48 Å². The molecule has 0 aromatic rings. The topological polar surface area (TPSA) is 64.3 Å². The van der Waals surface area contributed by atoms with Crippen LogP contribution >= 0.6 is 0 Å². The second-order valence-electron chi connectivity index (χ2n) is 3.35. The molecule has 0 aromatic heterocycles. The lowest BCUT2D eigenvalue weighted by Gasteiger charge is -2.37. The van der Waals surface area contributed by atoms with E-state index in [2.05, 4.69) is 5.48 Å². The van der Waals surface area contributed by atoms with Gasteiger partial charge < -0.3 is 5.73 Å². The Kier molecular flexibility index (Phi) is 3.05. The van der Waals surface area contributed by atoms with Gasteiger partial charge in [0.2, 0.25) is 5.91 Å². The molecule has 0 aromatic carbocycles. The van der Waals surface area contributed by atoms with E-state index in [9.17, 15) is 4.79 Å². The molecule has 1 aliphatic carbocycles. The van der Waals surface area contributed by atoms with Crippen LogP contribution in [-0.4, -0.2) is 18.1 Å². The van der Waals surface area contributed by atoms with Crippen molar-refractivity contribution >= 4 is 5.91 Å². The number of nitrogens with one attached hydrogen (secondary N) is 1. The molecule has 1 amide bonds. The number of rotatable bonds is 4. The van der Waals surface area contributed by atoms with Gasteiger partial charge in [-0.25, -0.2) is 5.48 Å². The van der Waals surface area contributed by atoms with Crippen LogP contribution in [0, 0.1) is 0 Å². The predicted molar refractivity (Wildman–Crippen MR) is 45.2 cm³/mol. The van der Waals surface area contributed by atoms with Gasteiger partial charge in [0.1, 0.15) is 0 Å². The number of nitrogens with two attached hydrogens (primary N) is 1. The molecule has 4 nitrogen and oxygen atoms in total. The van der Waals surface area contributed by atoms with E-state index >= 15 is 0 Å². The molecule has 1 fully saturated rings. The number of hydrogen-bond donors (Lipinski definition) is 2. The van der Waals surface area contributed by atoms with Crippen molar-refractivity contribution in [3.05, 3.63) is 0 Å². The summed E-state index contributed by atoms with van der Waals surface area (Å²) in [5.41, 5.74) is 7.95. The maximum atomic E-state index is 11.1. The van der Waals surface area contributed by atoms with E-state index in [1.807, 2.05) is 6.92 Å². The Balaban J connectivity index is 2.16. The van der Waals surface area contributed by atoms with Crippen molar-refractivity contribution in [3.8, 4) is 0 Å². The van der Waals surface area contributed by atoms with Crippen molar-refractivity contribution in [3.63, 3.8) is 0 Å². The third-order valence-electron chi connectivity index (χ3n) is 2.19. The Hall–Kier alpha value is -0.610. The molecular weight excluding hydrogens is 156 g/mol. The molecule has 12 heavy (non-hydrogen) atoms. The number of hydrogen-bond acceptors (Lipinski definition) is 3. The number of hydroxylamine groups is 1. The SMILES string of the molecule is CCONC(=O)CC1(N)CCC1. The Bertz CT molecular complexity index is 166. The molecule has 0 heterocycles. The summed E-state index contributed by atoms with van der Waals surface area (Å²) in [6.45, 7) is 2.31. The van der Waals surface area contributed by atoms with Crippen LogP contribution in [0.1, 0.15) is 32.6 Å². The molecule has 1 rings (SSSR count). The van der Waals surface area contributed by atoms with E-state index in [1.165, 1.54) is 0 Å². The second kappa shape index (κ2) is 3.87. The minimum absolute atomic E-state index is 0.112. The quantitative estimate of drug-likeness (QED) is 0.600. The summed E-state index contributed by atoms with van der Waals surface area (Å²) >= 11 is 0. The molecule has 1 aliphatic rings. The fraction of sp³-hybridized carbons (Fsp3) is 0.875. The first-order chi connectivity index (χ1) is 5.66. The molecule has 0 radical (unpaired) electrons. The largest absolute Gasteiger partial charge is 0.325 e. The molecule has 1 saturated carbocycles. The molecule has 3 N–H and O–H groups in total. The molecule has 0 aliphatic heterocycles. The van der Waals surface area contributed by atoms with Crippen LogP contribution in [0.2, 0.25) is 0 Å². The fourth-order valence-corrected chi connectivity index (χ4v) is 1.32. The van der Waals surface area contributed by atoms with Gasteiger partial charge in [-0.05, 0) is 26.2 Å². The molecule has 0 bridgehead atoms. The lowest BCUT2D eigenvalue weighted by molar-refractivity contribution is -0.135. The van der Waals surface area contributed by atoms with Crippen LogP contribution in [-0.2, 0) is 9.63 Å². The Morgan fingerprint density at radius 2 is 2.33 bits per heavy atom. The number of carbonyl (C=O) groups excluding carboxylic acids is 1. The summed E-state index contributed by atoms with van der Waals surface area (Å²) in [6, 6.07) is 0. The number of carbonyl (C=O) groups is 1. The average molecular weight is 172 g/mol. The van der Waals surface area contributed by atoms with Crippen molar-refractivity contribution in [2.24, 2.45) is 5.73 Å². The predicted octanol–water partition coefficient (Wildman–Crippen LogP) is 0.326. The summed E-state index contributed by atoms with van der Waals surface area (Å²) in [7, 11) is 0. The molecule has 0 unspecified atom stereocenters. The van der Waals surface area contributed by atoms with Crippen molar-refractivity contribution < 1.29 is 9.63 Å². The molecule has 4 heteroatoms. The Labute approximate surface area is 72.4 Å². The first-order valence-electron chi connectivity index (χ1n) is 4.36. The minimum atomic E-state index is -0.249. The van der Waals surface area contributed by atoms with E-state index in [1.54, 1.807) is 0 Å². The summed E-state index contributed by atoms with van der Waals surface area (Å²) in [4.78, 5) is 15.8. The van der Waals surface area contributed by atoms with Crippen molar-refractivity contribution in [2.75, 3.05) is 6.61 Å². The zero-order valence-corrected chi connectivity index (χ0v) is 7.43. The smallest absolute Gasteiger partial charge is 0.245 e. The molecule has 0 spiro atoms. The van der Waals surface area contributed by atoms with E-state index in [0.29, 0.717) is 13.0 Å². The monoisotopic (exact) mass is 172 g/mol. The highest BCUT2D eigenvalue weighted by Crippen LogP contribution is 2.31. The van der Waals surface area contributed by atoms with E-state index in [-0.39, 0.29) is 11.4 Å². The third-order valence-corrected chi connectivity index (χ3v) is 2.19. The van der Waals surface area contributed by atoms with Gasteiger partial charge in [0.05, 0.1) is 6.61 Å². The van der Waals surface area contributed by atoms with Crippen LogP contribution in [0.15, 0.2) is 0 Å². The van der Waals surface area contributed by atoms with E-state index < -0.39 is 0 Å². The highest BCUT2D eigenvalue weighted by Gasteiger charge is 2.34.